The standard InChI is InChI=1S/C9H8ClN3/c10-7-2-1-5-13-8(6-3-4-6)11-12-9(7)13/h1-2,5-6H,3-4H2. The van der Waals surface area contributed by atoms with Crippen molar-refractivity contribution in [3.05, 3.63) is 29.2 Å². The molecule has 3 nitrogen and oxygen atoms in total. The number of aromatic nitrogens is 3. The van der Waals surface area contributed by atoms with Gasteiger partial charge in [-0.3, -0.25) is 4.40 Å². The highest BCUT2D eigenvalue weighted by atomic mass is 35.5. The third kappa shape index (κ3) is 1.04. The largest absolute Gasteiger partial charge is 0.285 e. The monoisotopic (exact) mass is 193 g/mol. The van der Waals surface area contributed by atoms with Crippen LogP contribution in [0.25, 0.3) is 5.65 Å². The number of halogens is 1. The highest BCUT2D eigenvalue weighted by Gasteiger charge is 2.28. The second-order valence-corrected chi connectivity index (χ2v) is 3.79. The quantitative estimate of drug-likeness (QED) is 0.696. The van der Waals surface area contributed by atoms with Crippen LogP contribution < -0.4 is 0 Å². The van der Waals surface area contributed by atoms with Crippen molar-refractivity contribution in [2.24, 2.45) is 0 Å². The first kappa shape index (κ1) is 7.33. The van der Waals surface area contributed by atoms with Gasteiger partial charge in [0.15, 0.2) is 5.65 Å². The van der Waals surface area contributed by atoms with Gasteiger partial charge in [0.2, 0.25) is 0 Å². The fourth-order valence-corrected chi connectivity index (χ4v) is 1.72. The molecule has 0 N–H and O–H groups in total. The summed E-state index contributed by atoms with van der Waals surface area (Å²) in [7, 11) is 0. The summed E-state index contributed by atoms with van der Waals surface area (Å²) in [6, 6.07) is 3.76. The average molecular weight is 194 g/mol. The maximum Gasteiger partial charge on any atom is 0.179 e. The third-order valence-electron chi connectivity index (χ3n) is 2.36. The molecule has 1 aliphatic rings. The molecule has 1 saturated carbocycles. The topological polar surface area (TPSA) is 30.2 Å². The number of pyridine rings is 1. The summed E-state index contributed by atoms with van der Waals surface area (Å²) >= 11 is 5.97. The van der Waals surface area contributed by atoms with Crippen LogP contribution in [0.5, 0.6) is 0 Å². The Hall–Kier alpha value is -1.09. The van der Waals surface area contributed by atoms with Gasteiger partial charge in [0.05, 0.1) is 5.02 Å². The van der Waals surface area contributed by atoms with E-state index in [1.165, 1.54) is 12.8 Å². The van der Waals surface area contributed by atoms with E-state index in [1.807, 2.05) is 22.7 Å². The molecule has 0 aromatic carbocycles. The number of fused-ring (bicyclic) bond motifs is 1. The van der Waals surface area contributed by atoms with Gasteiger partial charge in [-0.2, -0.15) is 0 Å². The van der Waals surface area contributed by atoms with Crippen LogP contribution in [0, 0.1) is 0 Å². The van der Waals surface area contributed by atoms with Crippen molar-refractivity contribution in [3.63, 3.8) is 0 Å². The second-order valence-electron chi connectivity index (χ2n) is 3.38. The minimum absolute atomic E-state index is 0.605. The lowest BCUT2D eigenvalue weighted by molar-refractivity contribution is 0.897. The van der Waals surface area contributed by atoms with Crippen LogP contribution in [-0.2, 0) is 0 Å². The van der Waals surface area contributed by atoms with Gasteiger partial charge in [-0.25, -0.2) is 0 Å². The van der Waals surface area contributed by atoms with Gasteiger partial charge in [-0.1, -0.05) is 11.6 Å². The van der Waals surface area contributed by atoms with E-state index in [2.05, 4.69) is 10.2 Å². The summed E-state index contributed by atoms with van der Waals surface area (Å²) in [6.07, 6.45) is 4.43. The van der Waals surface area contributed by atoms with Crippen LogP contribution in [-0.4, -0.2) is 14.6 Å². The number of rotatable bonds is 1. The number of hydrogen-bond donors (Lipinski definition) is 0. The molecule has 4 heteroatoms. The Morgan fingerprint density at radius 2 is 2.23 bits per heavy atom. The predicted molar refractivity (Wildman–Crippen MR) is 50.0 cm³/mol. The van der Waals surface area contributed by atoms with Crippen LogP contribution >= 0.6 is 11.6 Å². The van der Waals surface area contributed by atoms with Gasteiger partial charge in [0.1, 0.15) is 5.82 Å². The Kier molecular flexibility index (Phi) is 1.38. The van der Waals surface area contributed by atoms with Crippen molar-refractivity contribution in [2.75, 3.05) is 0 Å². The molecule has 2 aromatic rings. The molecule has 0 atom stereocenters. The SMILES string of the molecule is Clc1cccn2c(C3CC3)nnc12. The van der Waals surface area contributed by atoms with Gasteiger partial charge in [-0.05, 0) is 25.0 Å². The van der Waals surface area contributed by atoms with Crippen molar-refractivity contribution in [3.8, 4) is 0 Å². The summed E-state index contributed by atoms with van der Waals surface area (Å²) in [6.45, 7) is 0. The Balaban J connectivity index is 2.32. The van der Waals surface area contributed by atoms with Gasteiger partial charge in [0.25, 0.3) is 0 Å². The maximum absolute atomic E-state index is 5.97. The molecule has 2 aromatic heterocycles. The number of nitrogens with zero attached hydrogens (tertiary/aromatic N) is 3. The fourth-order valence-electron chi connectivity index (χ4n) is 1.52. The summed E-state index contributed by atoms with van der Waals surface area (Å²) in [5, 5.41) is 8.88. The molecular weight excluding hydrogens is 186 g/mol. The van der Waals surface area contributed by atoms with E-state index in [0.717, 1.165) is 11.5 Å². The van der Waals surface area contributed by atoms with Crippen LogP contribution in [0.1, 0.15) is 24.6 Å². The van der Waals surface area contributed by atoms with Crippen molar-refractivity contribution in [1.82, 2.24) is 14.6 Å². The first-order valence-corrected chi connectivity index (χ1v) is 4.73. The summed E-state index contributed by atoms with van der Waals surface area (Å²) in [5.41, 5.74) is 0.770. The average Bonchev–Trinajstić information content (AvgIpc) is 2.87. The van der Waals surface area contributed by atoms with Crippen LogP contribution in [0.15, 0.2) is 18.3 Å². The fraction of sp³-hybridized carbons (Fsp3) is 0.333. The first-order valence-electron chi connectivity index (χ1n) is 4.35. The maximum atomic E-state index is 5.97. The predicted octanol–water partition coefficient (Wildman–Crippen LogP) is 2.26. The molecule has 0 bridgehead atoms. The van der Waals surface area contributed by atoms with E-state index < -0.39 is 0 Å². The van der Waals surface area contributed by atoms with Crippen LogP contribution in [0.4, 0.5) is 0 Å². The zero-order valence-electron chi connectivity index (χ0n) is 6.94. The van der Waals surface area contributed by atoms with Crippen molar-refractivity contribution >= 4 is 17.2 Å². The van der Waals surface area contributed by atoms with Gasteiger partial charge in [-0.15, -0.1) is 10.2 Å². The Labute approximate surface area is 80.3 Å². The van der Waals surface area contributed by atoms with E-state index in [4.69, 9.17) is 11.6 Å². The zero-order chi connectivity index (χ0) is 8.84. The Morgan fingerprint density at radius 3 is 3.00 bits per heavy atom. The molecule has 1 fully saturated rings. The molecule has 0 radical (unpaired) electrons. The second kappa shape index (κ2) is 2.45. The lowest BCUT2D eigenvalue weighted by Gasteiger charge is -1.96. The zero-order valence-corrected chi connectivity index (χ0v) is 7.70. The number of hydrogen-bond acceptors (Lipinski definition) is 2. The third-order valence-corrected chi connectivity index (χ3v) is 2.65. The van der Waals surface area contributed by atoms with E-state index in [1.54, 1.807) is 0 Å². The molecule has 13 heavy (non-hydrogen) atoms. The molecule has 3 rings (SSSR count). The Morgan fingerprint density at radius 1 is 1.38 bits per heavy atom. The van der Waals surface area contributed by atoms with Crippen LogP contribution in [0.2, 0.25) is 5.02 Å². The van der Waals surface area contributed by atoms with Crippen LogP contribution in [0.3, 0.4) is 0 Å². The molecular formula is C9H8ClN3. The van der Waals surface area contributed by atoms with E-state index >= 15 is 0 Å². The normalized spacial score (nSPS) is 16.7. The van der Waals surface area contributed by atoms with Crippen molar-refractivity contribution in [2.45, 2.75) is 18.8 Å². The summed E-state index contributed by atoms with van der Waals surface area (Å²) in [4.78, 5) is 0. The lowest BCUT2D eigenvalue weighted by atomic mass is 10.4. The smallest absolute Gasteiger partial charge is 0.179 e. The molecule has 0 aliphatic heterocycles. The minimum atomic E-state index is 0.605. The molecule has 66 valence electrons. The van der Waals surface area contributed by atoms with Gasteiger partial charge in [0, 0.05) is 12.1 Å². The molecule has 0 spiro atoms. The van der Waals surface area contributed by atoms with Crippen molar-refractivity contribution < 1.29 is 0 Å². The Bertz CT molecular complexity index is 459. The van der Waals surface area contributed by atoms with E-state index in [0.29, 0.717) is 10.9 Å². The summed E-state index contributed by atoms with van der Waals surface area (Å²) in [5.74, 6) is 1.66. The molecule has 0 saturated heterocycles. The summed E-state index contributed by atoms with van der Waals surface area (Å²) < 4.78 is 1.99. The highest BCUT2D eigenvalue weighted by molar-refractivity contribution is 6.33. The molecule has 0 amide bonds. The minimum Gasteiger partial charge on any atom is -0.285 e. The van der Waals surface area contributed by atoms with E-state index in [9.17, 15) is 0 Å². The lowest BCUT2D eigenvalue weighted by Crippen LogP contribution is -1.90. The highest BCUT2D eigenvalue weighted by Crippen LogP contribution is 2.39. The molecule has 2 heterocycles. The first-order chi connectivity index (χ1) is 6.36. The molecule has 1 aliphatic carbocycles. The van der Waals surface area contributed by atoms with Crippen molar-refractivity contribution in [1.29, 1.82) is 0 Å². The van der Waals surface area contributed by atoms with E-state index in [-0.39, 0.29) is 0 Å². The van der Waals surface area contributed by atoms with Gasteiger partial charge >= 0.3 is 0 Å². The van der Waals surface area contributed by atoms with Gasteiger partial charge < -0.3 is 0 Å². The molecule has 0 unspecified atom stereocenters.